The third kappa shape index (κ3) is 12.9. The monoisotopic (exact) mass is 1150 g/mol. The Morgan fingerprint density at radius 3 is 2.51 bits per heavy atom. The van der Waals surface area contributed by atoms with Crippen LogP contribution in [0.2, 0.25) is 0 Å². The van der Waals surface area contributed by atoms with Crippen molar-refractivity contribution >= 4 is 52.4 Å². The molecule has 3 aliphatic heterocycles. The number of nitrogens with zero attached hydrogens (tertiary/aromatic N) is 2. The number of halogens is 1. The number of aliphatic carboxylic acids is 1. The summed E-state index contributed by atoms with van der Waals surface area (Å²) < 4.78 is 49.5. The number of carboxylic acids is 1. The molecule has 1 saturated heterocycles. The number of Topliss-reactive ketones (excluding diaryl/α,β-unsaturated/α-hetero) is 1. The summed E-state index contributed by atoms with van der Waals surface area (Å²) in [6.07, 6.45) is -6.39. The number of aryl methyl sites for hydroxylation is 1. The fourth-order valence-electron chi connectivity index (χ4n) is 10.8. The molecule has 25 nitrogen and oxygen atoms in total. The number of ketones is 1. The van der Waals surface area contributed by atoms with Crippen LogP contribution >= 0.6 is 0 Å². The van der Waals surface area contributed by atoms with E-state index >= 15 is 4.39 Å². The van der Waals surface area contributed by atoms with Gasteiger partial charge in [0, 0.05) is 48.5 Å². The van der Waals surface area contributed by atoms with Gasteiger partial charge in [-0.1, -0.05) is 25.3 Å². The van der Waals surface area contributed by atoms with Gasteiger partial charge in [0.25, 0.3) is 11.5 Å². The van der Waals surface area contributed by atoms with Gasteiger partial charge in [0.05, 0.1) is 53.8 Å². The number of nitrogens with one attached hydrogen (secondary N) is 4. The van der Waals surface area contributed by atoms with Crippen LogP contribution in [0.4, 0.5) is 9.18 Å². The number of hydrogen-bond acceptors (Lipinski definition) is 19. The summed E-state index contributed by atoms with van der Waals surface area (Å²) >= 11 is 0. The Kier molecular flexibility index (Phi) is 18.5. The maximum absolute atomic E-state index is 15.4. The van der Waals surface area contributed by atoms with Crippen LogP contribution in [0.1, 0.15) is 114 Å². The highest BCUT2D eigenvalue weighted by Crippen LogP contribution is 2.46. The van der Waals surface area contributed by atoms with Crippen LogP contribution in [-0.2, 0) is 79.4 Å². The number of esters is 1. The van der Waals surface area contributed by atoms with Crippen LogP contribution in [-0.4, -0.2) is 153 Å². The Morgan fingerprint density at radius 1 is 0.928 bits per heavy atom. The second-order valence-electron chi connectivity index (χ2n) is 20.8. The van der Waals surface area contributed by atoms with E-state index < -0.39 is 115 Å². The molecule has 0 radical (unpaired) electrons. The number of cyclic esters (lactones) is 1. The minimum atomic E-state index is -2.06. The van der Waals surface area contributed by atoms with Crippen molar-refractivity contribution in [2.24, 2.45) is 0 Å². The summed E-state index contributed by atoms with van der Waals surface area (Å²) in [6.45, 7) is 0.962. The van der Waals surface area contributed by atoms with Gasteiger partial charge in [0.2, 0.25) is 18.1 Å². The van der Waals surface area contributed by atoms with Gasteiger partial charge in [-0.05, 0) is 85.9 Å². The predicted octanol–water partition coefficient (Wildman–Crippen LogP) is 1.00. The summed E-state index contributed by atoms with van der Waals surface area (Å²) in [5, 5.41) is 63.2. The molecule has 5 heterocycles. The van der Waals surface area contributed by atoms with Crippen LogP contribution in [0, 0.1) is 24.6 Å². The number of carboxylic acid groups (broad SMARTS) is 1. The number of rotatable bonds is 21. The molecule has 0 bridgehead atoms. The van der Waals surface area contributed by atoms with Crippen LogP contribution in [0.15, 0.2) is 35.1 Å². The van der Waals surface area contributed by atoms with Crippen LogP contribution in [0.5, 0.6) is 5.75 Å². The van der Waals surface area contributed by atoms with Crippen molar-refractivity contribution in [3.05, 3.63) is 91.0 Å². The molecule has 26 heteroatoms. The lowest BCUT2D eigenvalue weighted by Gasteiger charge is -2.38. The average Bonchev–Trinajstić information content (AvgIpc) is 1.97. The minimum Gasteiger partial charge on any atom is -0.479 e. The number of hydrogen-bond donors (Lipinski definition) is 9. The topological polar surface area (TPSA) is 359 Å². The molecule has 4 aromatic rings. The molecule has 442 valence electrons. The zero-order valence-corrected chi connectivity index (χ0v) is 45.4. The smallest absolute Gasteiger partial charge is 0.407 e. The molecular formula is C57H63FN6O19. The van der Waals surface area contributed by atoms with E-state index in [4.69, 9.17) is 33.4 Å². The Balaban J connectivity index is 0.773. The van der Waals surface area contributed by atoms with E-state index in [0.717, 1.165) is 25.7 Å². The van der Waals surface area contributed by atoms with Gasteiger partial charge < -0.3 is 79.8 Å². The minimum absolute atomic E-state index is 0.0298. The molecular weight excluding hydrogens is 1090 g/mol. The Bertz CT molecular complexity index is 3380. The number of carbonyl (C=O) groups excluding carboxylic acids is 6. The van der Waals surface area contributed by atoms with Crippen molar-refractivity contribution in [1.82, 2.24) is 30.8 Å². The molecule has 2 aromatic heterocycles. The molecule has 1 fully saturated rings. The highest BCUT2D eigenvalue weighted by Gasteiger charge is 2.49. The second kappa shape index (κ2) is 25.7. The third-order valence-corrected chi connectivity index (χ3v) is 15.3. The molecule has 0 spiro atoms. The molecule has 8 atom stereocenters. The Morgan fingerprint density at radius 2 is 1.72 bits per heavy atom. The van der Waals surface area contributed by atoms with Gasteiger partial charge in [0.15, 0.2) is 17.5 Å². The third-order valence-electron chi connectivity index (χ3n) is 15.3. The zero-order valence-electron chi connectivity index (χ0n) is 45.4. The van der Waals surface area contributed by atoms with Gasteiger partial charge in [-0.15, -0.1) is 5.92 Å². The van der Waals surface area contributed by atoms with E-state index in [1.54, 1.807) is 19.9 Å². The van der Waals surface area contributed by atoms with E-state index in [1.165, 1.54) is 28.8 Å². The number of fused-ring (bicyclic) bond motifs is 5. The van der Waals surface area contributed by atoms with Crippen LogP contribution < -0.4 is 31.6 Å². The number of ether oxygens (including phenoxy) is 6. The summed E-state index contributed by atoms with van der Waals surface area (Å²) in [7, 11) is 0. The maximum Gasteiger partial charge on any atom is 0.407 e. The summed E-state index contributed by atoms with van der Waals surface area (Å²) in [5.41, 5.74) is 1.03. The van der Waals surface area contributed by atoms with Crippen molar-refractivity contribution in [2.75, 3.05) is 39.5 Å². The first-order valence-corrected chi connectivity index (χ1v) is 27.3. The molecule has 9 N–H and O–H groups in total. The molecule has 2 unspecified atom stereocenters. The summed E-state index contributed by atoms with van der Waals surface area (Å²) in [5.74, 6) is 0.478. The van der Waals surface area contributed by atoms with Crippen molar-refractivity contribution in [3.63, 3.8) is 0 Å². The summed E-state index contributed by atoms with van der Waals surface area (Å²) in [4.78, 5) is 108. The van der Waals surface area contributed by atoms with Crippen molar-refractivity contribution < 1.29 is 91.9 Å². The number of amides is 4. The first kappa shape index (κ1) is 59.7. The highest BCUT2D eigenvalue weighted by molar-refractivity contribution is 5.97. The number of alkyl carbamates (subject to hydrolysis) is 1. The van der Waals surface area contributed by atoms with E-state index in [1.807, 2.05) is 0 Å². The highest BCUT2D eigenvalue weighted by atomic mass is 19.1. The maximum atomic E-state index is 15.4. The first-order chi connectivity index (χ1) is 39.8. The Hall–Kier alpha value is -7.90. The lowest BCUT2D eigenvalue weighted by Crippen LogP contribution is -2.61. The normalized spacial score (nSPS) is 23.1. The fourth-order valence-corrected chi connectivity index (χ4v) is 10.8. The zero-order chi connectivity index (χ0) is 59.3. The number of aliphatic hydroxyl groups excluding tert-OH is 3. The van der Waals surface area contributed by atoms with Crippen molar-refractivity contribution in [3.8, 4) is 29.0 Å². The van der Waals surface area contributed by atoms with Crippen molar-refractivity contribution in [2.45, 2.75) is 140 Å². The van der Waals surface area contributed by atoms with E-state index in [2.05, 4.69) is 33.1 Å². The van der Waals surface area contributed by atoms with Crippen LogP contribution in [0.25, 0.3) is 22.3 Å². The lowest BCUT2D eigenvalue weighted by molar-refractivity contribution is -0.271. The largest absolute Gasteiger partial charge is 0.479 e. The van der Waals surface area contributed by atoms with Gasteiger partial charge in [-0.2, -0.15) is 0 Å². The van der Waals surface area contributed by atoms with Gasteiger partial charge in [-0.3, -0.25) is 24.0 Å². The standard InChI is InChI=1S/C57H63FN6O19/c1-3-57(77)36-20-40-46-34(23-64(40)52(72)35(36)25-80-55(57)75)45-38(13-12-32-28(2)37(58)21-39(63-46)44(32)45)62-43(67)26-78-18-15-30(65)22-61-56(76)81-24-29-11-14-41(82-54-49(70)47(68)48(69)50(83-54)53(73)74)33(19-29)51(71)60-17-16-59-42(66)27-79-31-9-7-5-4-6-8-10-31/h11,14,19-21,31,38,47-50,54,68-70,77H,3-7,9,12-13,15-18,22-27H2,1-2H3,(H,59,66)(H,60,71)(H,61,76)(H,62,67)(H,73,74)/t31?,38-,47-,48-,49+,50?,54+,57-/m0/s1. The quantitative estimate of drug-likeness (QED) is 0.0281. The van der Waals surface area contributed by atoms with E-state index in [-0.39, 0.29) is 86.4 Å². The second-order valence-corrected chi connectivity index (χ2v) is 20.8. The number of pyridine rings is 2. The van der Waals surface area contributed by atoms with Gasteiger partial charge in [-0.25, -0.2) is 23.8 Å². The van der Waals surface area contributed by atoms with Gasteiger partial charge >= 0.3 is 18.0 Å². The lowest BCUT2D eigenvalue weighted by atomic mass is 9.81. The van der Waals surface area contributed by atoms with Crippen LogP contribution in [0.3, 0.4) is 0 Å². The van der Waals surface area contributed by atoms with E-state index in [9.17, 15) is 63.9 Å². The molecule has 0 saturated carbocycles. The molecule has 9 rings (SSSR count). The molecule has 4 amide bonds. The summed E-state index contributed by atoms with van der Waals surface area (Å²) in [6, 6.07) is 6.05. The molecule has 83 heavy (non-hydrogen) atoms. The number of aliphatic hydroxyl groups is 4. The van der Waals surface area contributed by atoms with Gasteiger partial charge in [0.1, 0.15) is 62.4 Å². The SMILES string of the molecule is CC[C@@]1(O)C(=O)OCc2c1cc1n(c2=O)Cc2c-1nc1cc(F)c(C)c3c1c2[C@@H](NC(=O)COCCC(=O)CNC(=O)OCc1ccc(O[C@@H]2OC(C(=O)O)[C@@H](O)[C@H](O)[C@H]2O)c(C(=O)NCCNC(=O)COC2C#CCCCCC2)c1)CC3. The molecule has 2 aliphatic carbocycles. The Labute approximate surface area is 473 Å². The number of benzene rings is 2. The average molecular weight is 1160 g/mol. The number of aromatic nitrogens is 2. The van der Waals surface area contributed by atoms with Crippen molar-refractivity contribution in [1.29, 1.82) is 0 Å². The predicted molar refractivity (Wildman–Crippen MR) is 284 cm³/mol. The molecule has 5 aliphatic rings. The first-order valence-electron chi connectivity index (χ1n) is 27.3. The number of carbonyl (C=O) groups is 7. The van der Waals surface area contributed by atoms with E-state index in [0.29, 0.717) is 63.8 Å². The fraction of sp³-hybridized carbons (Fsp3) is 0.491. The molecule has 2 aromatic carbocycles.